The largest absolute Gasteiger partial charge is 0.462 e. The number of aliphatic imine (C=N–C) groups is 2. The van der Waals surface area contributed by atoms with Crippen LogP contribution in [0.4, 0.5) is 11.4 Å². The Bertz CT molecular complexity index is 633. The van der Waals surface area contributed by atoms with Crippen molar-refractivity contribution in [2.24, 2.45) is 15.9 Å². The third kappa shape index (κ3) is 5.58. The normalized spacial score (nSPS) is 11.1. The summed E-state index contributed by atoms with van der Waals surface area (Å²) in [5.74, 6) is -0.214. The highest BCUT2D eigenvalue weighted by atomic mass is 16.5. The molecule has 1 aromatic rings. The van der Waals surface area contributed by atoms with Gasteiger partial charge in [0.05, 0.1) is 23.5 Å². The summed E-state index contributed by atoms with van der Waals surface area (Å²) >= 11 is 0. The van der Waals surface area contributed by atoms with Gasteiger partial charge in [-0.2, -0.15) is 9.98 Å². The van der Waals surface area contributed by atoms with Crippen LogP contribution in [0.15, 0.2) is 22.1 Å². The average Bonchev–Trinajstić information content (AvgIpc) is 2.58. The van der Waals surface area contributed by atoms with Crippen LogP contribution in [0.2, 0.25) is 0 Å². The maximum Gasteiger partial charge on any atom is 0.338 e. The van der Waals surface area contributed by atoms with Crippen molar-refractivity contribution in [3.05, 3.63) is 23.3 Å². The molecule has 0 N–H and O–H groups in total. The van der Waals surface area contributed by atoms with E-state index in [2.05, 4.69) is 23.8 Å². The minimum atomic E-state index is -0.533. The van der Waals surface area contributed by atoms with Crippen LogP contribution < -0.4 is 0 Å². The van der Waals surface area contributed by atoms with Crippen LogP contribution in [-0.4, -0.2) is 24.7 Å². The lowest BCUT2D eigenvalue weighted by Crippen LogP contribution is -2.14. The van der Waals surface area contributed by atoms with E-state index in [0.717, 1.165) is 25.7 Å². The molecule has 6 nitrogen and oxygen atoms in total. The molecule has 0 aliphatic heterocycles. The lowest BCUT2D eigenvalue weighted by molar-refractivity contribution is 0.0428. The maximum absolute atomic E-state index is 12.3. The number of esters is 1. The van der Waals surface area contributed by atoms with Gasteiger partial charge in [0.25, 0.3) is 0 Å². The van der Waals surface area contributed by atoms with Gasteiger partial charge in [-0.3, -0.25) is 0 Å². The van der Waals surface area contributed by atoms with E-state index in [-0.39, 0.29) is 16.9 Å². The summed E-state index contributed by atoms with van der Waals surface area (Å²) in [4.78, 5) is 40.4. The number of unbranched alkanes of at least 4 members (excludes halogenated alkanes) is 1. The minimum Gasteiger partial charge on any atom is -0.462 e. The van der Waals surface area contributed by atoms with E-state index in [1.54, 1.807) is 6.92 Å². The van der Waals surface area contributed by atoms with Crippen LogP contribution in [0.3, 0.4) is 0 Å². The van der Waals surface area contributed by atoms with Crippen molar-refractivity contribution in [3.63, 3.8) is 0 Å². The molecule has 0 aromatic heterocycles. The second-order valence-electron chi connectivity index (χ2n) is 5.56. The van der Waals surface area contributed by atoms with E-state index in [9.17, 15) is 14.4 Å². The molecular weight excluding hydrogens is 308 g/mol. The van der Waals surface area contributed by atoms with Gasteiger partial charge in [-0.15, -0.1) is 0 Å². The number of rotatable bonds is 9. The van der Waals surface area contributed by atoms with E-state index >= 15 is 0 Å². The number of carbonyl (C=O) groups is 1. The third-order valence-corrected chi connectivity index (χ3v) is 3.91. The summed E-state index contributed by atoms with van der Waals surface area (Å²) in [6.45, 7) is 6.16. The van der Waals surface area contributed by atoms with Crippen LogP contribution in [0.5, 0.6) is 0 Å². The molecule has 6 heteroatoms. The molecule has 0 saturated heterocycles. The summed E-state index contributed by atoms with van der Waals surface area (Å²) in [6.07, 6.45) is 6.99. The number of ether oxygens (including phenoxy) is 1. The molecule has 0 fully saturated rings. The average molecular weight is 330 g/mol. The van der Waals surface area contributed by atoms with Gasteiger partial charge in [0.1, 0.15) is 0 Å². The molecule has 1 rings (SSSR count). The standard InChI is InChI=1S/C18H22N2O4/c1-4-6-7-14(5-2)10-24-18(23)15-8-16(19-11-21)13(3)17(9-15)20-12-22/h8-9,14H,4-7,10H2,1-3H3. The Kier molecular flexibility index (Phi) is 8.34. The molecule has 0 saturated carbocycles. The van der Waals surface area contributed by atoms with Gasteiger partial charge in [0.2, 0.25) is 12.2 Å². The van der Waals surface area contributed by atoms with E-state index in [0.29, 0.717) is 18.1 Å². The van der Waals surface area contributed by atoms with Gasteiger partial charge in [0.15, 0.2) is 0 Å². The molecule has 0 spiro atoms. The highest BCUT2D eigenvalue weighted by Crippen LogP contribution is 2.30. The lowest BCUT2D eigenvalue weighted by Gasteiger charge is -2.15. The van der Waals surface area contributed by atoms with Gasteiger partial charge in [-0.05, 0) is 31.4 Å². The zero-order valence-electron chi connectivity index (χ0n) is 14.3. The Balaban J connectivity index is 2.97. The van der Waals surface area contributed by atoms with Gasteiger partial charge in [-0.1, -0.05) is 33.1 Å². The van der Waals surface area contributed by atoms with Crippen LogP contribution in [0.25, 0.3) is 0 Å². The van der Waals surface area contributed by atoms with Crippen molar-refractivity contribution in [1.82, 2.24) is 0 Å². The predicted octanol–water partition coefficient (Wildman–Crippen LogP) is 4.30. The lowest BCUT2D eigenvalue weighted by atomic mass is 10.0. The fourth-order valence-electron chi connectivity index (χ4n) is 2.31. The molecule has 24 heavy (non-hydrogen) atoms. The summed E-state index contributed by atoms with van der Waals surface area (Å²) in [7, 11) is 0. The van der Waals surface area contributed by atoms with Gasteiger partial charge >= 0.3 is 5.97 Å². The molecule has 0 radical (unpaired) electrons. The van der Waals surface area contributed by atoms with Crippen LogP contribution in [0.1, 0.15) is 55.5 Å². The summed E-state index contributed by atoms with van der Waals surface area (Å²) in [5.41, 5.74) is 1.14. The van der Waals surface area contributed by atoms with Gasteiger partial charge in [-0.25, -0.2) is 14.4 Å². The Labute approximate surface area is 141 Å². The van der Waals surface area contributed by atoms with Crippen LogP contribution in [0, 0.1) is 12.8 Å². The quantitative estimate of drug-likeness (QED) is 0.384. The van der Waals surface area contributed by atoms with Crippen molar-refractivity contribution in [3.8, 4) is 0 Å². The van der Waals surface area contributed by atoms with Crippen LogP contribution in [-0.2, 0) is 14.3 Å². The molecule has 0 aliphatic carbocycles. The van der Waals surface area contributed by atoms with E-state index in [4.69, 9.17) is 4.74 Å². The summed E-state index contributed by atoms with van der Waals surface area (Å²) in [6, 6.07) is 2.86. The molecule has 0 aliphatic rings. The first-order chi connectivity index (χ1) is 11.6. The van der Waals surface area contributed by atoms with E-state index < -0.39 is 5.97 Å². The van der Waals surface area contributed by atoms with Crippen LogP contribution >= 0.6 is 0 Å². The molecule has 1 aromatic carbocycles. The molecule has 0 amide bonds. The topological polar surface area (TPSA) is 85.2 Å². The zero-order valence-corrected chi connectivity index (χ0v) is 14.3. The number of nitrogens with zero attached hydrogens (tertiary/aromatic N) is 2. The summed E-state index contributed by atoms with van der Waals surface area (Å²) in [5, 5.41) is 0. The van der Waals surface area contributed by atoms with E-state index in [1.807, 2.05) is 0 Å². The first kappa shape index (κ1) is 19.5. The second kappa shape index (κ2) is 10.3. The first-order valence-corrected chi connectivity index (χ1v) is 8.04. The maximum atomic E-state index is 12.3. The Morgan fingerprint density at radius 3 is 2.21 bits per heavy atom. The number of benzene rings is 1. The van der Waals surface area contributed by atoms with Crippen molar-refractivity contribution in [1.29, 1.82) is 0 Å². The second-order valence-corrected chi connectivity index (χ2v) is 5.56. The smallest absolute Gasteiger partial charge is 0.338 e. The Morgan fingerprint density at radius 1 is 1.17 bits per heavy atom. The molecule has 1 unspecified atom stereocenters. The predicted molar refractivity (Wildman–Crippen MR) is 90.3 cm³/mol. The highest BCUT2D eigenvalue weighted by molar-refractivity contribution is 5.92. The number of hydrogen-bond acceptors (Lipinski definition) is 6. The Morgan fingerprint density at radius 2 is 1.75 bits per heavy atom. The third-order valence-electron chi connectivity index (χ3n) is 3.91. The van der Waals surface area contributed by atoms with Gasteiger partial charge < -0.3 is 4.74 Å². The molecule has 1 atom stereocenters. The first-order valence-electron chi connectivity index (χ1n) is 8.04. The number of carbonyl (C=O) groups excluding carboxylic acids is 3. The molecule has 0 heterocycles. The minimum absolute atomic E-state index is 0.189. The fourth-order valence-corrected chi connectivity index (χ4v) is 2.31. The van der Waals surface area contributed by atoms with Crippen molar-refractivity contribution in [2.75, 3.05) is 6.61 Å². The number of isocyanates is 2. The highest BCUT2D eigenvalue weighted by Gasteiger charge is 2.15. The molecule has 0 bridgehead atoms. The van der Waals surface area contributed by atoms with E-state index in [1.165, 1.54) is 24.3 Å². The van der Waals surface area contributed by atoms with Crippen molar-refractivity contribution in [2.45, 2.75) is 46.5 Å². The van der Waals surface area contributed by atoms with Gasteiger partial charge in [0, 0.05) is 5.56 Å². The van der Waals surface area contributed by atoms with Crippen molar-refractivity contribution >= 4 is 29.5 Å². The van der Waals surface area contributed by atoms with Crippen molar-refractivity contribution < 1.29 is 19.1 Å². The zero-order chi connectivity index (χ0) is 17.9. The Hall–Kier alpha value is -2.55. The molecule has 128 valence electrons. The number of hydrogen-bond donors (Lipinski definition) is 0. The molecular formula is C18H22N2O4. The summed E-state index contributed by atoms with van der Waals surface area (Å²) < 4.78 is 5.36. The SMILES string of the molecule is CCCCC(CC)COC(=O)c1cc(N=C=O)c(C)c(N=C=O)c1. The monoisotopic (exact) mass is 330 g/mol. The fraction of sp³-hybridized carbons (Fsp3) is 0.500.